The Morgan fingerprint density at radius 2 is 1.85 bits per heavy atom. The van der Waals surface area contributed by atoms with E-state index in [4.69, 9.17) is 10.5 Å². The van der Waals surface area contributed by atoms with E-state index in [9.17, 15) is 4.79 Å². The molecule has 0 bridgehead atoms. The number of para-hydroxylation sites is 1. The van der Waals surface area contributed by atoms with Crippen LogP contribution in [0.5, 0.6) is 5.75 Å². The highest BCUT2D eigenvalue weighted by molar-refractivity contribution is 5.79. The van der Waals surface area contributed by atoms with E-state index >= 15 is 0 Å². The molecule has 3 rings (SSSR count). The average Bonchev–Trinajstić information content (AvgIpc) is 3.12. The average molecular weight is 352 g/mol. The van der Waals surface area contributed by atoms with Crippen molar-refractivity contribution in [3.63, 3.8) is 0 Å². The van der Waals surface area contributed by atoms with Crippen LogP contribution in [0.2, 0.25) is 0 Å². The first-order valence-electron chi connectivity index (χ1n) is 9.27. The molecular weight excluding hydrogens is 324 g/mol. The SMILES string of the molecule is COc1ccccc1-c1ccc(C(C)N(C)C(=O)C2CCC(N)C2)cc1. The van der Waals surface area contributed by atoms with Gasteiger partial charge in [-0.3, -0.25) is 4.79 Å². The largest absolute Gasteiger partial charge is 0.496 e. The van der Waals surface area contributed by atoms with Crippen molar-refractivity contribution in [2.75, 3.05) is 14.2 Å². The summed E-state index contributed by atoms with van der Waals surface area (Å²) in [4.78, 5) is 14.6. The van der Waals surface area contributed by atoms with Gasteiger partial charge in [-0.15, -0.1) is 0 Å². The Labute approximate surface area is 156 Å². The third-order valence-electron chi connectivity index (χ3n) is 5.56. The van der Waals surface area contributed by atoms with E-state index in [-0.39, 0.29) is 23.9 Å². The number of ether oxygens (including phenoxy) is 1. The third-order valence-corrected chi connectivity index (χ3v) is 5.56. The topological polar surface area (TPSA) is 55.6 Å². The lowest BCUT2D eigenvalue weighted by Crippen LogP contribution is -2.34. The van der Waals surface area contributed by atoms with Gasteiger partial charge in [0, 0.05) is 24.6 Å². The minimum atomic E-state index is 0.0334. The summed E-state index contributed by atoms with van der Waals surface area (Å²) in [5.41, 5.74) is 9.27. The van der Waals surface area contributed by atoms with E-state index in [1.165, 1.54) is 0 Å². The first-order valence-corrected chi connectivity index (χ1v) is 9.27. The molecule has 0 heterocycles. The van der Waals surface area contributed by atoms with Gasteiger partial charge in [-0.25, -0.2) is 0 Å². The molecule has 2 aromatic carbocycles. The maximum absolute atomic E-state index is 12.7. The van der Waals surface area contributed by atoms with Crippen molar-refractivity contribution in [1.82, 2.24) is 4.90 Å². The lowest BCUT2D eigenvalue weighted by molar-refractivity contribution is -0.136. The van der Waals surface area contributed by atoms with Gasteiger partial charge in [0.05, 0.1) is 13.2 Å². The Morgan fingerprint density at radius 3 is 2.46 bits per heavy atom. The van der Waals surface area contributed by atoms with Crippen LogP contribution >= 0.6 is 0 Å². The van der Waals surface area contributed by atoms with Crippen LogP contribution < -0.4 is 10.5 Å². The number of amides is 1. The number of carbonyl (C=O) groups is 1. The van der Waals surface area contributed by atoms with Crippen molar-refractivity contribution in [2.45, 2.75) is 38.3 Å². The standard InChI is InChI=1S/C22H28N2O2/c1-15(24(2)22(25)18-12-13-19(23)14-18)16-8-10-17(11-9-16)20-6-4-5-7-21(20)26-3/h4-11,15,18-19H,12-14,23H2,1-3H3. The fourth-order valence-electron chi connectivity index (χ4n) is 3.77. The van der Waals surface area contributed by atoms with Crippen molar-refractivity contribution in [2.24, 2.45) is 11.7 Å². The second-order valence-corrected chi connectivity index (χ2v) is 7.22. The normalized spacial score (nSPS) is 20.6. The van der Waals surface area contributed by atoms with E-state index in [0.29, 0.717) is 0 Å². The Balaban J connectivity index is 1.74. The van der Waals surface area contributed by atoms with Crippen LogP contribution in [0.1, 0.15) is 37.8 Å². The highest BCUT2D eigenvalue weighted by atomic mass is 16.5. The van der Waals surface area contributed by atoms with E-state index in [2.05, 4.69) is 37.3 Å². The molecule has 4 heteroatoms. The van der Waals surface area contributed by atoms with Crippen LogP contribution in [0.4, 0.5) is 0 Å². The number of nitrogens with two attached hydrogens (primary N) is 1. The van der Waals surface area contributed by atoms with Gasteiger partial charge in [0.2, 0.25) is 5.91 Å². The monoisotopic (exact) mass is 352 g/mol. The lowest BCUT2D eigenvalue weighted by atomic mass is 9.99. The number of hydrogen-bond donors (Lipinski definition) is 1. The van der Waals surface area contributed by atoms with Crippen LogP contribution in [-0.4, -0.2) is 31.0 Å². The fourth-order valence-corrected chi connectivity index (χ4v) is 3.77. The molecule has 1 fully saturated rings. The molecule has 0 spiro atoms. The Kier molecular flexibility index (Phi) is 5.62. The van der Waals surface area contributed by atoms with Crippen LogP contribution in [0.15, 0.2) is 48.5 Å². The molecule has 26 heavy (non-hydrogen) atoms. The number of hydrogen-bond acceptors (Lipinski definition) is 3. The van der Waals surface area contributed by atoms with Crippen LogP contribution in [0.25, 0.3) is 11.1 Å². The maximum atomic E-state index is 12.7. The number of nitrogens with zero attached hydrogens (tertiary/aromatic N) is 1. The Bertz CT molecular complexity index is 757. The summed E-state index contributed by atoms with van der Waals surface area (Å²) in [5.74, 6) is 1.14. The molecule has 1 aliphatic rings. The first-order chi connectivity index (χ1) is 12.5. The number of methoxy groups -OCH3 is 1. The minimum Gasteiger partial charge on any atom is -0.496 e. The van der Waals surface area contributed by atoms with E-state index < -0.39 is 0 Å². The Hall–Kier alpha value is -2.33. The zero-order valence-corrected chi connectivity index (χ0v) is 15.8. The molecule has 0 aliphatic heterocycles. The molecular formula is C22H28N2O2. The van der Waals surface area contributed by atoms with Gasteiger partial charge in [-0.1, -0.05) is 42.5 Å². The molecule has 138 valence electrons. The summed E-state index contributed by atoms with van der Waals surface area (Å²) in [6, 6.07) is 16.6. The van der Waals surface area contributed by atoms with Gasteiger partial charge >= 0.3 is 0 Å². The summed E-state index contributed by atoms with van der Waals surface area (Å²) in [6.45, 7) is 2.07. The second-order valence-electron chi connectivity index (χ2n) is 7.22. The summed E-state index contributed by atoms with van der Waals surface area (Å²) in [7, 11) is 3.58. The molecule has 2 aromatic rings. The number of rotatable bonds is 5. The number of benzene rings is 2. The molecule has 0 saturated heterocycles. The predicted molar refractivity (Wildman–Crippen MR) is 105 cm³/mol. The van der Waals surface area contributed by atoms with E-state index in [1.54, 1.807) is 7.11 Å². The van der Waals surface area contributed by atoms with Crippen molar-refractivity contribution >= 4 is 5.91 Å². The van der Waals surface area contributed by atoms with Gasteiger partial charge in [0.15, 0.2) is 0 Å². The van der Waals surface area contributed by atoms with Crippen LogP contribution in [0.3, 0.4) is 0 Å². The maximum Gasteiger partial charge on any atom is 0.225 e. The zero-order chi connectivity index (χ0) is 18.7. The van der Waals surface area contributed by atoms with Gasteiger partial charge in [0.25, 0.3) is 0 Å². The van der Waals surface area contributed by atoms with Crippen molar-refractivity contribution < 1.29 is 9.53 Å². The molecule has 3 atom stereocenters. The van der Waals surface area contributed by atoms with Crippen molar-refractivity contribution in [3.05, 3.63) is 54.1 Å². The van der Waals surface area contributed by atoms with Crippen molar-refractivity contribution in [3.8, 4) is 16.9 Å². The second kappa shape index (κ2) is 7.92. The zero-order valence-electron chi connectivity index (χ0n) is 15.8. The summed E-state index contributed by atoms with van der Waals surface area (Å²) in [5, 5.41) is 0. The van der Waals surface area contributed by atoms with Gasteiger partial charge in [-0.05, 0) is 43.4 Å². The van der Waals surface area contributed by atoms with Gasteiger partial charge < -0.3 is 15.4 Å². The molecule has 1 saturated carbocycles. The fraction of sp³-hybridized carbons (Fsp3) is 0.409. The molecule has 0 radical (unpaired) electrons. The van der Waals surface area contributed by atoms with E-state index in [0.717, 1.165) is 41.7 Å². The smallest absolute Gasteiger partial charge is 0.225 e. The third kappa shape index (κ3) is 3.75. The molecule has 0 aromatic heterocycles. The highest BCUT2D eigenvalue weighted by Gasteiger charge is 2.31. The highest BCUT2D eigenvalue weighted by Crippen LogP contribution is 2.32. The van der Waals surface area contributed by atoms with Gasteiger partial charge in [0.1, 0.15) is 5.75 Å². The minimum absolute atomic E-state index is 0.0334. The Morgan fingerprint density at radius 1 is 1.15 bits per heavy atom. The summed E-state index contributed by atoms with van der Waals surface area (Å²) in [6.07, 6.45) is 2.67. The number of carbonyl (C=O) groups excluding carboxylic acids is 1. The van der Waals surface area contributed by atoms with Crippen LogP contribution in [0, 0.1) is 5.92 Å². The van der Waals surface area contributed by atoms with Crippen LogP contribution in [-0.2, 0) is 4.79 Å². The molecule has 3 unspecified atom stereocenters. The quantitative estimate of drug-likeness (QED) is 0.884. The molecule has 1 amide bonds. The lowest BCUT2D eigenvalue weighted by Gasteiger charge is -2.28. The summed E-state index contributed by atoms with van der Waals surface area (Å²) < 4.78 is 5.45. The molecule has 4 nitrogen and oxygen atoms in total. The van der Waals surface area contributed by atoms with Crippen molar-refractivity contribution in [1.29, 1.82) is 0 Å². The predicted octanol–water partition coefficient (Wildman–Crippen LogP) is 4.01. The first kappa shape index (κ1) is 18.5. The molecule has 2 N–H and O–H groups in total. The molecule has 1 aliphatic carbocycles. The van der Waals surface area contributed by atoms with Gasteiger partial charge in [-0.2, -0.15) is 0 Å². The van der Waals surface area contributed by atoms with E-state index in [1.807, 2.05) is 30.1 Å². The summed E-state index contributed by atoms with van der Waals surface area (Å²) >= 11 is 0.